The third kappa shape index (κ3) is 3.53. The summed E-state index contributed by atoms with van der Waals surface area (Å²) in [5.74, 6) is -1.37. The fourth-order valence-electron chi connectivity index (χ4n) is 2.82. The number of benzene rings is 2. The molecule has 0 N–H and O–H groups in total. The molecule has 0 radical (unpaired) electrons. The van der Waals surface area contributed by atoms with Crippen molar-refractivity contribution < 1.29 is 18.9 Å². The molecule has 2 aromatic carbocycles. The summed E-state index contributed by atoms with van der Waals surface area (Å²) >= 11 is 0. The van der Waals surface area contributed by atoms with Gasteiger partial charge < -0.3 is 4.90 Å². The lowest BCUT2D eigenvalue weighted by molar-refractivity contribution is -0.384. The first kappa shape index (κ1) is 17.5. The van der Waals surface area contributed by atoms with E-state index in [1.165, 1.54) is 52.3 Å². The van der Waals surface area contributed by atoms with Crippen LogP contribution in [0.5, 0.6) is 0 Å². The van der Waals surface area contributed by atoms with Gasteiger partial charge in [0.2, 0.25) is 5.91 Å². The van der Waals surface area contributed by atoms with E-state index in [2.05, 4.69) is 0 Å². The maximum Gasteiger partial charge on any atom is 0.269 e. The van der Waals surface area contributed by atoms with Gasteiger partial charge in [0.25, 0.3) is 11.6 Å². The number of likely N-dealkylation sites (tertiary alicyclic amines) is 1. The standard InChI is InChI=1S/C18H16FN3O4/c19-16-5-2-1-4-15(16)18(24)21(12-20-11-3-6-17(20)23)13-7-9-14(10-8-13)22(25)26/h1-2,4-5,7-10H,3,6,11-12H2. The molecule has 1 saturated heterocycles. The molecule has 0 aromatic heterocycles. The van der Waals surface area contributed by atoms with Crippen LogP contribution in [0.2, 0.25) is 0 Å². The first-order valence-electron chi connectivity index (χ1n) is 8.06. The molecule has 8 heteroatoms. The Balaban J connectivity index is 1.95. The number of carbonyl (C=O) groups excluding carboxylic acids is 2. The van der Waals surface area contributed by atoms with E-state index in [9.17, 15) is 24.1 Å². The molecule has 1 fully saturated rings. The molecule has 26 heavy (non-hydrogen) atoms. The molecule has 0 aliphatic carbocycles. The van der Waals surface area contributed by atoms with Gasteiger partial charge >= 0.3 is 0 Å². The van der Waals surface area contributed by atoms with Crippen molar-refractivity contribution in [3.8, 4) is 0 Å². The van der Waals surface area contributed by atoms with E-state index in [0.717, 1.165) is 0 Å². The zero-order valence-electron chi connectivity index (χ0n) is 13.8. The van der Waals surface area contributed by atoms with Gasteiger partial charge in [-0.2, -0.15) is 0 Å². The van der Waals surface area contributed by atoms with Crippen LogP contribution < -0.4 is 4.90 Å². The zero-order valence-corrected chi connectivity index (χ0v) is 13.8. The van der Waals surface area contributed by atoms with Crippen LogP contribution in [0.3, 0.4) is 0 Å². The van der Waals surface area contributed by atoms with Crippen LogP contribution in [0.25, 0.3) is 0 Å². The number of nitro groups is 1. The van der Waals surface area contributed by atoms with Crippen LogP contribution >= 0.6 is 0 Å². The molecule has 0 bridgehead atoms. The number of nitro benzene ring substituents is 1. The van der Waals surface area contributed by atoms with Crippen LogP contribution in [0, 0.1) is 15.9 Å². The Morgan fingerprint density at radius 2 is 1.88 bits per heavy atom. The summed E-state index contributed by atoms with van der Waals surface area (Å²) in [6.07, 6.45) is 1.10. The lowest BCUT2D eigenvalue weighted by Gasteiger charge is -2.28. The highest BCUT2D eigenvalue weighted by Crippen LogP contribution is 2.23. The Bertz CT molecular complexity index is 854. The second-order valence-electron chi connectivity index (χ2n) is 5.89. The molecule has 2 aromatic rings. The molecule has 2 amide bonds. The number of non-ortho nitro benzene ring substituents is 1. The quantitative estimate of drug-likeness (QED) is 0.608. The number of hydrogen-bond donors (Lipinski definition) is 0. The van der Waals surface area contributed by atoms with Crippen LogP contribution in [-0.4, -0.2) is 34.9 Å². The maximum absolute atomic E-state index is 14.1. The topological polar surface area (TPSA) is 83.8 Å². The number of anilines is 1. The molecular formula is C18H16FN3O4. The first-order chi connectivity index (χ1) is 12.5. The zero-order chi connectivity index (χ0) is 18.7. The van der Waals surface area contributed by atoms with Crippen molar-refractivity contribution in [3.05, 3.63) is 70.0 Å². The average molecular weight is 357 g/mol. The predicted molar refractivity (Wildman–Crippen MR) is 92.1 cm³/mol. The number of hydrogen-bond acceptors (Lipinski definition) is 4. The average Bonchev–Trinajstić information content (AvgIpc) is 3.04. The molecule has 0 spiro atoms. The summed E-state index contributed by atoms with van der Waals surface area (Å²) < 4.78 is 14.1. The minimum Gasteiger partial charge on any atom is -0.324 e. The molecule has 7 nitrogen and oxygen atoms in total. The van der Waals surface area contributed by atoms with E-state index in [4.69, 9.17) is 0 Å². The van der Waals surface area contributed by atoms with Gasteiger partial charge in [0, 0.05) is 30.8 Å². The number of halogens is 1. The molecule has 0 unspecified atom stereocenters. The van der Waals surface area contributed by atoms with Crippen molar-refractivity contribution in [2.24, 2.45) is 0 Å². The van der Waals surface area contributed by atoms with E-state index in [1.54, 1.807) is 6.07 Å². The van der Waals surface area contributed by atoms with Gasteiger partial charge in [-0.25, -0.2) is 4.39 Å². The summed E-state index contributed by atoms with van der Waals surface area (Å²) in [6, 6.07) is 10.9. The highest BCUT2D eigenvalue weighted by atomic mass is 19.1. The highest BCUT2D eigenvalue weighted by Gasteiger charge is 2.27. The summed E-state index contributed by atoms with van der Waals surface area (Å²) in [5, 5.41) is 10.8. The van der Waals surface area contributed by atoms with Gasteiger partial charge in [-0.3, -0.25) is 24.6 Å². The Morgan fingerprint density at radius 3 is 2.46 bits per heavy atom. The van der Waals surface area contributed by atoms with Crippen molar-refractivity contribution in [1.82, 2.24) is 4.90 Å². The van der Waals surface area contributed by atoms with Crippen molar-refractivity contribution >= 4 is 23.2 Å². The third-order valence-electron chi connectivity index (χ3n) is 4.21. The summed E-state index contributed by atoms with van der Waals surface area (Å²) in [5.41, 5.74) is 0.102. The summed E-state index contributed by atoms with van der Waals surface area (Å²) in [4.78, 5) is 37.9. The molecule has 3 rings (SSSR count). The minimum absolute atomic E-state index is 0.0379. The van der Waals surface area contributed by atoms with Gasteiger partial charge in [-0.15, -0.1) is 0 Å². The number of amides is 2. The molecule has 1 aliphatic heterocycles. The minimum atomic E-state index is -0.669. The molecule has 0 saturated carbocycles. The number of rotatable bonds is 5. The Kier molecular flexibility index (Phi) is 4.92. The maximum atomic E-state index is 14.1. The lowest BCUT2D eigenvalue weighted by Crippen LogP contribution is -2.42. The van der Waals surface area contributed by atoms with Gasteiger partial charge in [-0.05, 0) is 30.7 Å². The Hall–Kier alpha value is -3.29. The van der Waals surface area contributed by atoms with Gasteiger partial charge in [0.15, 0.2) is 0 Å². The van der Waals surface area contributed by atoms with E-state index in [0.29, 0.717) is 25.1 Å². The number of nitrogens with zero attached hydrogens (tertiary/aromatic N) is 3. The summed E-state index contributed by atoms with van der Waals surface area (Å²) in [6.45, 7) is 0.469. The van der Waals surface area contributed by atoms with Crippen LogP contribution in [0.15, 0.2) is 48.5 Å². The first-order valence-corrected chi connectivity index (χ1v) is 8.06. The molecule has 0 atom stereocenters. The lowest BCUT2D eigenvalue weighted by atomic mass is 10.1. The van der Waals surface area contributed by atoms with Crippen molar-refractivity contribution in [3.63, 3.8) is 0 Å². The molecular weight excluding hydrogens is 341 g/mol. The number of carbonyl (C=O) groups is 2. The Morgan fingerprint density at radius 1 is 1.19 bits per heavy atom. The normalized spacial score (nSPS) is 13.7. The van der Waals surface area contributed by atoms with Gasteiger partial charge in [0.1, 0.15) is 12.5 Å². The van der Waals surface area contributed by atoms with Gasteiger partial charge in [0.05, 0.1) is 10.5 Å². The van der Waals surface area contributed by atoms with Crippen LogP contribution in [0.1, 0.15) is 23.2 Å². The van der Waals surface area contributed by atoms with Crippen molar-refractivity contribution in [2.45, 2.75) is 12.8 Å². The monoisotopic (exact) mass is 357 g/mol. The van der Waals surface area contributed by atoms with E-state index < -0.39 is 16.6 Å². The predicted octanol–water partition coefficient (Wildman–Crippen LogP) is 2.96. The largest absolute Gasteiger partial charge is 0.324 e. The van der Waals surface area contributed by atoms with Crippen molar-refractivity contribution in [2.75, 3.05) is 18.1 Å². The van der Waals surface area contributed by atoms with Gasteiger partial charge in [-0.1, -0.05) is 12.1 Å². The molecule has 134 valence electrons. The smallest absolute Gasteiger partial charge is 0.269 e. The van der Waals surface area contributed by atoms with Crippen molar-refractivity contribution in [1.29, 1.82) is 0 Å². The van der Waals surface area contributed by atoms with Crippen LogP contribution in [-0.2, 0) is 4.79 Å². The van der Waals surface area contributed by atoms with E-state index in [1.807, 2.05) is 0 Å². The molecule has 1 aliphatic rings. The SMILES string of the molecule is O=C1CCCN1CN(C(=O)c1ccccc1F)c1ccc([N+](=O)[O-])cc1. The highest BCUT2D eigenvalue weighted by molar-refractivity contribution is 6.06. The fourth-order valence-corrected chi connectivity index (χ4v) is 2.82. The molecule has 1 heterocycles. The second-order valence-corrected chi connectivity index (χ2v) is 5.89. The second kappa shape index (κ2) is 7.30. The van der Waals surface area contributed by atoms with Crippen LogP contribution in [0.4, 0.5) is 15.8 Å². The Labute approximate surface area is 148 Å². The van der Waals surface area contributed by atoms with E-state index in [-0.39, 0.29) is 23.8 Å². The summed E-state index contributed by atoms with van der Waals surface area (Å²) in [7, 11) is 0. The third-order valence-corrected chi connectivity index (χ3v) is 4.21. The fraction of sp³-hybridized carbons (Fsp3) is 0.222. The van der Waals surface area contributed by atoms with E-state index >= 15 is 0 Å².